The highest BCUT2D eigenvalue weighted by molar-refractivity contribution is 7.14. The summed E-state index contributed by atoms with van der Waals surface area (Å²) in [4.78, 5) is 20.9. The van der Waals surface area contributed by atoms with E-state index in [2.05, 4.69) is 15.3 Å². The van der Waals surface area contributed by atoms with Crippen LogP contribution in [0.15, 0.2) is 48.0 Å². The molecule has 0 aliphatic carbocycles. The van der Waals surface area contributed by atoms with Crippen LogP contribution < -0.4 is 10.1 Å². The molecule has 6 heteroatoms. The van der Waals surface area contributed by atoms with E-state index in [1.165, 1.54) is 16.9 Å². The third kappa shape index (κ3) is 3.14. The lowest BCUT2D eigenvalue weighted by atomic mass is 10.1. The van der Waals surface area contributed by atoms with Crippen LogP contribution in [-0.4, -0.2) is 22.5 Å². The number of benzene rings is 1. The maximum absolute atomic E-state index is 12.2. The summed E-state index contributed by atoms with van der Waals surface area (Å²) in [5, 5.41) is 5.32. The van der Waals surface area contributed by atoms with E-state index in [0.29, 0.717) is 11.6 Å². The van der Waals surface area contributed by atoms with Gasteiger partial charge in [-0.1, -0.05) is 18.2 Å². The van der Waals surface area contributed by atoms with Gasteiger partial charge in [-0.05, 0) is 29.3 Å². The van der Waals surface area contributed by atoms with E-state index in [-0.39, 0.29) is 5.91 Å². The average molecular weight is 337 g/mol. The monoisotopic (exact) mass is 337 g/mol. The fourth-order valence-electron chi connectivity index (χ4n) is 2.63. The van der Waals surface area contributed by atoms with Gasteiger partial charge in [-0.2, -0.15) is 0 Å². The molecule has 120 valence electrons. The predicted molar refractivity (Wildman–Crippen MR) is 93.3 cm³/mol. The van der Waals surface area contributed by atoms with Gasteiger partial charge in [0.05, 0.1) is 18.7 Å². The van der Waals surface area contributed by atoms with Crippen LogP contribution in [0, 0.1) is 0 Å². The lowest BCUT2D eigenvalue weighted by Crippen LogP contribution is -2.14. The fourth-order valence-corrected chi connectivity index (χ4v) is 3.35. The normalized spacial score (nSPS) is 12.5. The van der Waals surface area contributed by atoms with Crippen LogP contribution >= 0.6 is 11.3 Å². The van der Waals surface area contributed by atoms with Crippen molar-refractivity contribution in [3.05, 3.63) is 59.1 Å². The minimum Gasteiger partial charge on any atom is -0.493 e. The summed E-state index contributed by atoms with van der Waals surface area (Å²) in [5.41, 5.74) is 3.71. The molecule has 5 nitrogen and oxygen atoms in total. The van der Waals surface area contributed by atoms with E-state index in [0.717, 1.165) is 35.7 Å². The number of thiazole rings is 1. The number of rotatable bonds is 4. The van der Waals surface area contributed by atoms with Gasteiger partial charge in [-0.3, -0.25) is 9.78 Å². The third-order valence-electron chi connectivity index (χ3n) is 3.80. The van der Waals surface area contributed by atoms with Gasteiger partial charge in [0.1, 0.15) is 11.4 Å². The van der Waals surface area contributed by atoms with Gasteiger partial charge in [0.15, 0.2) is 5.13 Å². The van der Waals surface area contributed by atoms with Gasteiger partial charge in [0.25, 0.3) is 0 Å². The van der Waals surface area contributed by atoms with Crippen molar-refractivity contribution in [2.24, 2.45) is 0 Å². The molecule has 0 spiro atoms. The smallest absolute Gasteiger partial charge is 0.230 e. The summed E-state index contributed by atoms with van der Waals surface area (Å²) in [7, 11) is 0. The number of hydrogen-bond donors (Lipinski definition) is 1. The van der Waals surface area contributed by atoms with Gasteiger partial charge in [0.2, 0.25) is 5.91 Å². The number of fused-ring (bicyclic) bond motifs is 1. The molecule has 0 radical (unpaired) electrons. The lowest BCUT2D eigenvalue weighted by Gasteiger charge is -2.04. The molecule has 2 aromatic heterocycles. The van der Waals surface area contributed by atoms with E-state index in [9.17, 15) is 4.79 Å². The van der Waals surface area contributed by atoms with E-state index < -0.39 is 0 Å². The maximum atomic E-state index is 12.2. The quantitative estimate of drug-likeness (QED) is 0.793. The molecule has 3 heterocycles. The molecule has 24 heavy (non-hydrogen) atoms. The van der Waals surface area contributed by atoms with Crippen molar-refractivity contribution in [2.75, 3.05) is 11.9 Å². The van der Waals surface area contributed by atoms with Crippen LogP contribution in [0.1, 0.15) is 11.1 Å². The molecule has 1 N–H and O–H groups in total. The van der Waals surface area contributed by atoms with Gasteiger partial charge in [-0.15, -0.1) is 11.3 Å². The first-order valence-corrected chi connectivity index (χ1v) is 8.57. The summed E-state index contributed by atoms with van der Waals surface area (Å²) < 4.78 is 5.54. The lowest BCUT2D eigenvalue weighted by molar-refractivity contribution is -0.115. The number of anilines is 1. The molecule has 0 saturated heterocycles. The summed E-state index contributed by atoms with van der Waals surface area (Å²) >= 11 is 1.40. The number of carbonyl (C=O) groups excluding carboxylic acids is 1. The molecule has 3 aromatic rings. The second kappa shape index (κ2) is 6.41. The summed E-state index contributed by atoms with van der Waals surface area (Å²) in [6.45, 7) is 0.723. The largest absolute Gasteiger partial charge is 0.493 e. The molecule has 1 aliphatic rings. The Kier molecular flexibility index (Phi) is 3.96. The number of carbonyl (C=O) groups is 1. The Morgan fingerprint density at radius 2 is 2.21 bits per heavy atom. The Morgan fingerprint density at radius 3 is 3.08 bits per heavy atom. The first-order valence-electron chi connectivity index (χ1n) is 7.69. The molecule has 1 aromatic carbocycles. The van der Waals surface area contributed by atoms with Crippen molar-refractivity contribution in [2.45, 2.75) is 12.8 Å². The Hall–Kier alpha value is -2.73. The minimum atomic E-state index is -0.0881. The summed E-state index contributed by atoms with van der Waals surface area (Å²) in [6.07, 6.45) is 2.97. The van der Waals surface area contributed by atoms with Gasteiger partial charge >= 0.3 is 0 Å². The second-order valence-corrected chi connectivity index (χ2v) is 6.38. The number of amides is 1. The number of nitrogens with one attached hydrogen (secondary N) is 1. The maximum Gasteiger partial charge on any atom is 0.230 e. The Bertz CT molecular complexity index is 877. The Morgan fingerprint density at radius 1 is 1.25 bits per heavy atom. The molecule has 0 unspecified atom stereocenters. The topological polar surface area (TPSA) is 64.1 Å². The molecular weight excluding hydrogens is 322 g/mol. The average Bonchev–Trinajstić information content (AvgIpc) is 3.24. The van der Waals surface area contributed by atoms with Crippen molar-refractivity contribution in [3.8, 4) is 17.1 Å². The highest BCUT2D eigenvalue weighted by Crippen LogP contribution is 2.27. The third-order valence-corrected chi connectivity index (χ3v) is 4.56. The molecule has 1 aliphatic heterocycles. The van der Waals surface area contributed by atoms with Crippen LogP contribution in [0.5, 0.6) is 5.75 Å². The number of pyridine rings is 1. The molecular formula is C18H15N3O2S. The van der Waals surface area contributed by atoms with Crippen LogP contribution in [0.25, 0.3) is 11.4 Å². The summed E-state index contributed by atoms with van der Waals surface area (Å²) in [5.74, 6) is 0.807. The molecule has 0 atom stereocenters. The number of nitrogens with zero attached hydrogens (tertiary/aromatic N) is 2. The molecule has 0 bridgehead atoms. The molecule has 0 fully saturated rings. The highest BCUT2D eigenvalue weighted by Gasteiger charge is 2.14. The van der Waals surface area contributed by atoms with Crippen molar-refractivity contribution in [1.82, 2.24) is 9.97 Å². The van der Waals surface area contributed by atoms with Crippen molar-refractivity contribution >= 4 is 22.4 Å². The first kappa shape index (κ1) is 14.8. The zero-order valence-electron chi connectivity index (χ0n) is 12.9. The van der Waals surface area contributed by atoms with Crippen LogP contribution in [-0.2, 0) is 17.6 Å². The van der Waals surface area contributed by atoms with E-state index in [1.54, 1.807) is 6.20 Å². The van der Waals surface area contributed by atoms with Crippen LogP contribution in [0.4, 0.5) is 5.13 Å². The summed E-state index contributed by atoms with van der Waals surface area (Å²) in [6, 6.07) is 11.6. The molecule has 4 rings (SSSR count). The minimum absolute atomic E-state index is 0.0881. The van der Waals surface area contributed by atoms with E-state index >= 15 is 0 Å². The SMILES string of the molecule is O=C(Cc1ccc2c(c1)OCC2)Nc1nc(-c2ccccn2)cs1. The molecule has 0 saturated carbocycles. The van der Waals surface area contributed by atoms with Crippen LogP contribution in [0.3, 0.4) is 0 Å². The number of hydrogen-bond acceptors (Lipinski definition) is 5. The zero-order chi connectivity index (χ0) is 16.4. The highest BCUT2D eigenvalue weighted by atomic mass is 32.1. The zero-order valence-corrected chi connectivity index (χ0v) is 13.7. The Labute approximate surface area is 143 Å². The van der Waals surface area contributed by atoms with Crippen LogP contribution in [0.2, 0.25) is 0 Å². The van der Waals surface area contributed by atoms with Crippen molar-refractivity contribution in [1.29, 1.82) is 0 Å². The van der Waals surface area contributed by atoms with Gasteiger partial charge in [-0.25, -0.2) is 4.98 Å². The standard InChI is InChI=1S/C18H15N3O2S/c22-17(10-12-4-5-13-6-8-23-16(13)9-12)21-18-20-15(11-24-18)14-3-1-2-7-19-14/h1-5,7,9,11H,6,8,10H2,(H,20,21,22). The Balaban J connectivity index is 1.42. The fraction of sp³-hybridized carbons (Fsp3) is 0.167. The van der Waals surface area contributed by atoms with Gasteiger partial charge in [0, 0.05) is 18.0 Å². The molecule has 1 amide bonds. The second-order valence-electron chi connectivity index (χ2n) is 5.52. The van der Waals surface area contributed by atoms with E-state index in [4.69, 9.17) is 4.74 Å². The number of ether oxygens (including phenoxy) is 1. The first-order chi connectivity index (χ1) is 11.8. The number of aromatic nitrogens is 2. The van der Waals surface area contributed by atoms with Crippen molar-refractivity contribution < 1.29 is 9.53 Å². The van der Waals surface area contributed by atoms with Gasteiger partial charge < -0.3 is 10.1 Å². The van der Waals surface area contributed by atoms with Crippen molar-refractivity contribution in [3.63, 3.8) is 0 Å². The van der Waals surface area contributed by atoms with E-state index in [1.807, 2.05) is 41.8 Å². The predicted octanol–water partition coefficient (Wildman–Crippen LogP) is 3.32.